The minimum atomic E-state index is -0.776. The second kappa shape index (κ2) is 5.72. The number of carbonyl (C=O) groups excluding carboxylic acids is 2. The van der Waals surface area contributed by atoms with E-state index in [9.17, 15) is 9.59 Å². The molecule has 0 aliphatic carbocycles. The first kappa shape index (κ1) is 15.0. The largest absolute Gasteiger partial charge is 0.323 e. The van der Waals surface area contributed by atoms with Gasteiger partial charge in [0.25, 0.3) is 5.91 Å². The Morgan fingerprint density at radius 1 is 1.32 bits per heavy atom. The Morgan fingerprint density at radius 3 is 2.77 bits per heavy atom. The number of benzene rings is 1. The smallest absolute Gasteiger partial charge is 0.322 e. The quantitative estimate of drug-likeness (QED) is 0.837. The van der Waals surface area contributed by atoms with Gasteiger partial charge < -0.3 is 5.32 Å². The highest BCUT2D eigenvalue weighted by Gasteiger charge is 2.48. The summed E-state index contributed by atoms with van der Waals surface area (Å²) in [5.41, 5.74) is 1.84. The molecule has 0 spiro atoms. The first-order valence-corrected chi connectivity index (χ1v) is 7.89. The second-order valence-corrected chi connectivity index (χ2v) is 6.61. The number of nitrogens with zero attached hydrogens (tertiary/aromatic N) is 1. The lowest BCUT2D eigenvalue weighted by Gasteiger charge is -2.39. The van der Waals surface area contributed by atoms with E-state index in [-0.39, 0.29) is 17.9 Å². The van der Waals surface area contributed by atoms with Gasteiger partial charge in [0, 0.05) is 19.0 Å². The van der Waals surface area contributed by atoms with Gasteiger partial charge >= 0.3 is 6.03 Å². The summed E-state index contributed by atoms with van der Waals surface area (Å²) >= 11 is 0. The molecular weight excluding hydrogens is 278 g/mol. The van der Waals surface area contributed by atoms with E-state index in [0.717, 1.165) is 32.5 Å². The molecule has 0 radical (unpaired) electrons. The van der Waals surface area contributed by atoms with E-state index in [1.165, 1.54) is 11.1 Å². The van der Waals surface area contributed by atoms with Gasteiger partial charge in [-0.25, -0.2) is 4.79 Å². The van der Waals surface area contributed by atoms with Crippen molar-refractivity contribution in [2.75, 3.05) is 13.1 Å². The molecule has 0 bridgehead atoms. The Morgan fingerprint density at radius 2 is 2.09 bits per heavy atom. The SMILES string of the molecule is Cc1ccccc1CN1CCC[C@H]([C@@]2(C)NC(=O)NC2=O)C1. The van der Waals surface area contributed by atoms with Crippen LogP contribution >= 0.6 is 0 Å². The fourth-order valence-electron chi connectivity index (χ4n) is 3.54. The fourth-order valence-corrected chi connectivity index (χ4v) is 3.54. The molecule has 2 aliphatic heterocycles. The standard InChI is InChI=1S/C17H23N3O2/c1-12-6-3-4-7-13(12)10-20-9-5-8-14(11-20)17(2)15(21)18-16(22)19-17/h3-4,6-7,14H,5,8-11H2,1-2H3,(H2,18,19,21,22)/t14-,17+/m0/s1. The number of piperidine rings is 1. The molecular formula is C17H23N3O2. The maximum absolute atomic E-state index is 12.1. The lowest BCUT2D eigenvalue weighted by molar-refractivity contribution is -0.126. The maximum Gasteiger partial charge on any atom is 0.322 e. The summed E-state index contributed by atoms with van der Waals surface area (Å²) < 4.78 is 0. The molecule has 1 aromatic carbocycles. The molecule has 0 unspecified atom stereocenters. The van der Waals surface area contributed by atoms with Crippen LogP contribution in [-0.4, -0.2) is 35.5 Å². The topological polar surface area (TPSA) is 61.4 Å². The van der Waals surface area contributed by atoms with Crippen LogP contribution in [0.4, 0.5) is 4.79 Å². The summed E-state index contributed by atoms with van der Waals surface area (Å²) in [6.45, 7) is 6.74. The molecule has 2 fully saturated rings. The summed E-state index contributed by atoms with van der Waals surface area (Å²) in [6, 6.07) is 8.03. The zero-order valence-electron chi connectivity index (χ0n) is 13.2. The number of rotatable bonds is 3. The van der Waals surface area contributed by atoms with Crippen molar-refractivity contribution in [2.45, 2.75) is 38.8 Å². The number of likely N-dealkylation sites (tertiary alicyclic amines) is 1. The van der Waals surface area contributed by atoms with E-state index in [2.05, 4.69) is 46.7 Å². The second-order valence-electron chi connectivity index (χ2n) is 6.61. The van der Waals surface area contributed by atoms with Crippen molar-refractivity contribution < 1.29 is 9.59 Å². The van der Waals surface area contributed by atoms with Crippen molar-refractivity contribution >= 4 is 11.9 Å². The molecule has 5 nitrogen and oxygen atoms in total. The highest BCUT2D eigenvalue weighted by atomic mass is 16.2. The van der Waals surface area contributed by atoms with Crippen LogP contribution in [0.2, 0.25) is 0 Å². The van der Waals surface area contributed by atoms with E-state index < -0.39 is 5.54 Å². The Bertz CT molecular complexity index is 601. The average Bonchev–Trinajstić information content (AvgIpc) is 2.76. The lowest BCUT2D eigenvalue weighted by atomic mass is 9.80. The average molecular weight is 301 g/mol. The van der Waals surface area contributed by atoms with Gasteiger partial charge in [-0.3, -0.25) is 15.0 Å². The first-order chi connectivity index (χ1) is 10.5. The predicted octanol–water partition coefficient (Wildman–Crippen LogP) is 1.81. The van der Waals surface area contributed by atoms with E-state index in [1.54, 1.807) is 0 Å². The Labute approximate surface area is 131 Å². The summed E-state index contributed by atoms with van der Waals surface area (Å²) in [6.07, 6.45) is 2.02. The molecule has 3 amide bonds. The highest BCUT2D eigenvalue weighted by Crippen LogP contribution is 2.30. The summed E-state index contributed by atoms with van der Waals surface area (Å²) in [4.78, 5) is 26.0. The number of hydrogen-bond donors (Lipinski definition) is 2. The minimum absolute atomic E-state index is 0.150. The third-order valence-electron chi connectivity index (χ3n) is 5.05. The lowest BCUT2D eigenvalue weighted by Crippen LogP contribution is -2.55. The van der Waals surface area contributed by atoms with Crippen LogP contribution in [0, 0.1) is 12.8 Å². The van der Waals surface area contributed by atoms with Gasteiger partial charge in [-0.05, 0) is 44.4 Å². The number of imide groups is 1. The van der Waals surface area contributed by atoms with Crippen LogP contribution in [0.1, 0.15) is 30.9 Å². The predicted molar refractivity (Wildman–Crippen MR) is 84.3 cm³/mol. The Kier molecular flexibility index (Phi) is 3.91. The fraction of sp³-hybridized carbons (Fsp3) is 0.529. The van der Waals surface area contributed by atoms with Crippen molar-refractivity contribution in [1.29, 1.82) is 0 Å². The highest BCUT2D eigenvalue weighted by molar-refractivity contribution is 6.06. The third-order valence-corrected chi connectivity index (χ3v) is 5.05. The Balaban J connectivity index is 1.71. The molecule has 0 aromatic heterocycles. The Hall–Kier alpha value is -1.88. The first-order valence-electron chi connectivity index (χ1n) is 7.89. The maximum atomic E-state index is 12.1. The van der Waals surface area contributed by atoms with Crippen LogP contribution in [0.15, 0.2) is 24.3 Å². The van der Waals surface area contributed by atoms with Gasteiger partial charge in [-0.15, -0.1) is 0 Å². The molecule has 5 heteroatoms. The van der Waals surface area contributed by atoms with Gasteiger partial charge in [0.05, 0.1) is 0 Å². The van der Waals surface area contributed by atoms with Crippen molar-refractivity contribution in [3.63, 3.8) is 0 Å². The molecule has 2 saturated heterocycles. The number of aryl methyl sites for hydroxylation is 1. The molecule has 2 atom stereocenters. The van der Waals surface area contributed by atoms with Gasteiger partial charge in [-0.1, -0.05) is 24.3 Å². The van der Waals surface area contributed by atoms with Gasteiger partial charge in [0.2, 0.25) is 0 Å². The number of hydrogen-bond acceptors (Lipinski definition) is 3. The molecule has 22 heavy (non-hydrogen) atoms. The monoisotopic (exact) mass is 301 g/mol. The molecule has 3 rings (SSSR count). The molecule has 2 N–H and O–H groups in total. The molecule has 0 saturated carbocycles. The summed E-state index contributed by atoms with van der Waals surface area (Å²) in [5, 5.41) is 5.19. The van der Waals surface area contributed by atoms with E-state index >= 15 is 0 Å². The van der Waals surface area contributed by atoms with Crippen LogP contribution in [0.5, 0.6) is 0 Å². The minimum Gasteiger partial charge on any atom is -0.323 e. The van der Waals surface area contributed by atoms with Crippen LogP contribution in [0.25, 0.3) is 0 Å². The van der Waals surface area contributed by atoms with Crippen LogP contribution in [0.3, 0.4) is 0 Å². The van der Waals surface area contributed by atoms with Crippen LogP contribution < -0.4 is 10.6 Å². The van der Waals surface area contributed by atoms with Crippen LogP contribution in [-0.2, 0) is 11.3 Å². The summed E-state index contributed by atoms with van der Waals surface area (Å²) in [5.74, 6) is -0.0445. The molecule has 2 heterocycles. The molecule has 2 aliphatic rings. The van der Waals surface area contributed by atoms with E-state index in [4.69, 9.17) is 0 Å². The third kappa shape index (κ3) is 2.73. The molecule has 118 valence electrons. The van der Waals surface area contributed by atoms with Gasteiger partial charge in [-0.2, -0.15) is 0 Å². The van der Waals surface area contributed by atoms with Crippen molar-refractivity contribution in [3.8, 4) is 0 Å². The summed E-state index contributed by atoms with van der Waals surface area (Å²) in [7, 11) is 0. The number of carbonyl (C=O) groups is 2. The van der Waals surface area contributed by atoms with Crippen molar-refractivity contribution in [3.05, 3.63) is 35.4 Å². The van der Waals surface area contributed by atoms with E-state index in [0.29, 0.717) is 0 Å². The number of nitrogens with one attached hydrogen (secondary N) is 2. The zero-order chi connectivity index (χ0) is 15.7. The van der Waals surface area contributed by atoms with Gasteiger partial charge in [0.1, 0.15) is 5.54 Å². The van der Waals surface area contributed by atoms with E-state index in [1.807, 2.05) is 6.92 Å². The normalized spacial score (nSPS) is 29.3. The number of urea groups is 1. The zero-order valence-corrected chi connectivity index (χ0v) is 13.2. The van der Waals surface area contributed by atoms with Crippen molar-refractivity contribution in [1.82, 2.24) is 15.5 Å². The van der Waals surface area contributed by atoms with Crippen molar-refractivity contribution in [2.24, 2.45) is 5.92 Å². The van der Waals surface area contributed by atoms with Gasteiger partial charge in [0.15, 0.2) is 0 Å². The molecule has 1 aromatic rings. The number of amides is 3.